The lowest BCUT2D eigenvalue weighted by molar-refractivity contribution is 0.273. The third kappa shape index (κ3) is 4.56. The van der Waals surface area contributed by atoms with E-state index in [4.69, 9.17) is 5.11 Å². The molecule has 1 fully saturated rings. The number of nitrogens with zero attached hydrogens (tertiary/aromatic N) is 1. The Bertz CT molecular complexity index is 477. The molecule has 0 bridgehead atoms. The van der Waals surface area contributed by atoms with Crippen LogP contribution in [0.1, 0.15) is 30.9 Å². The lowest BCUT2D eigenvalue weighted by Crippen LogP contribution is -2.37. The third-order valence-corrected chi connectivity index (χ3v) is 4.92. The number of aliphatic hydroxyl groups is 1. The van der Waals surface area contributed by atoms with Gasteiger partial charge in [0, 0.05) is 42.6 Å². The van der Waals surface area contributed by atoms with Gasteiger partial charge in [-0.15, -0.1) is 0 Å². The molecule has 20 heavy (non-hydrogen) atoms. The van der Waals surface area contributed by atoms with Crippen LogP contribution in [0.5, 0.6) is 0 Å². The Morgan fingerprint density at radius 2 is 2.25 bits per heavy atom. The van der Waals surface area contributed by atoms with Crippen LogP contribution < -0.4 is 0 Å². The van der Waals surface area contributed by atoms with Crippen LogP contribution in [-0.4, -0.2) is 40.7 Å². The van der Waals surface area contributed by atoms with Gasteiger partial charge in [0.05, 0.1) is 6.61 Å². The summed E-state index contributed by atoms with van der Waals surface area (Å²) in [5.74, 6) is 7.45. The van der Waals surface area contributed by atoms with E-state index >= 15 is 0 Å². The highest BCUT2D eigenvalue weighted by molar-refractivity contribution is 8.00. The topological polar surface area (TPSA) is 23.5 Å². The zero-order valence-electron chi connectivity index (χ0n) is 12.1. The van der Waals surface area contributed by atoms with Crippen LogP contribution in [0.2, 0.25) is 0 Å². The maximum absolute atomic E-state index is 8.82. The van der Waals surface area contributed by atoms with Gasteiger partial charge in [0.15, 0.2) is 0 Å². The minimum absolute atomic E-state index is 0.136. The standard InChI is InChI=1S/C17H23NOS/c1-2-17-14-18(10-12-20-17)13-16-9-4-3-7-15(16)8-5-6-11-19/h3-4,7,9,17,19H,2,6,10-14H2,1H3. The van der Waals surface area contributed by atoms with Crippen molar-refractivity contribution in [3.8, 4) is 11.8 Å². The van der Waals surface area contributed by atoms with Gasteiger partial charge >= 0.3 is 0 Å². The Morgan fingerprint density at radius 3 is 3.05 bits per heavy atom. The smallest absolute Gasteiger partial charge is 0.0540 e. The van der Waals surface area contributed by atoms with Crippen LogP contribution in [0.25, 0.3) is 0 Å². The summed E-state index contributed by atoms with van der Waals surface area (Å²) in [7, 11) is 0. The largest absolute Gasteiger partial charge is 0.395 e. The molecule has 0 radical (unpaired) electrons. The quantitative estimate of drug-likeness (QED) is 0.862. The van der Waals surface area contributed by atoms with Crippen molar-refractivity contribution in [2.45, 2.75) is 31.6 Å². The van der Waals surface area contributed by atoms with Crippen molar-refractivity contribution in [1.82, 2.24) is 4.90 Å². The minimum atomic E-state index is 0.136. The van der Waals surface area contributed by atoms with E-state index in [1.54, 1.807) is 0 Å². The van der Waals surface area contributed by atoms with Crippen LogP contribution in [-0.2, 0) is 6.54 Å². The van der Waals surface area contributed by atoms with Gasteiger partial charge in [0.25, 0.3) is 0 Å². The first kappa shape index (κ1) is 15.4. The second kappa shape index (κ2) is 8.36. The first-order valence-electron chi connectivity index (χ1n) is 7.35. The Labute approximate surface area is 126 Å². The maximum atomic E-state index is 8.82. The van der Waals surface area contributed by atoms with Crippen LogP contribution in [0.15, 0.2) is 24.3 Å². The second-order valence-electron chi connectivity index (χ2n) is 5.07. The summed E-state index contributed by atoms with van der Waals surface area (Å²) >= 11 is 2.10. The van der Waals surface area contributed by atoms with Gasteiger partial charge in [-0.2, -0.15) is 11.8 Å². The molecule has 1 aliphatic heterocycles. The normalized spacial score (nSPS) is 19.4. The third-order valence-electron chi connectivity index (χ3n) is 3.55. The summed E-state index contributed by atoms with van der Waals surface area (Å²) < 4.78 is 0. The van der Waals surface area contributed by atoms with Gasteiger partial charge in [-0.25, -0.2) is 0 Å². The van der Waals surface area contributed by atoms with Crippen molar-refractivity contribution in [3.63, 3.8) is 0 Å². The molecule has 2 rings (SSSR count). The fourth-order valence-electron chi connectivity index (χ4n) is 2.41. The molecule has 0 aliphatic carbocycles. The van der Waals surface area contributed by atoms with E-state index in [-0.39, 0.29) is 6.61 Å². The molecule has 1 aromatic carbocycles. The zero-order valence-corrected chi connectivity index (χ0v) is 13.0. The van der Waals surface area contributed by atoms with Gasteiger partial charge in [-0.1, -0.05) is 37.0 Å². The van der Waals surface area contributed by atoms with Crippen molar-refractivity contribution < 1.29 is 5.11 Å². The molecule has 1 atom stereocenters. The first-order chi connectivity index (χ1) is 9.83. The van der Waals surface area contributed by atoms with E-state index in [1.807, 2.05) is 6.07 Å². The molecule has 1 aromatic rings. The number of rotatable bonds is 4. The van der Waals surface area contributed by atoms with Crippen LogP contribution in [0.4, 0.5) is 0 Å². The molecule has 1 aliphatic rings. The van der Waals surface area contributed by atoms with Crippen molar-refractivity contribution in [3.05, 3.63) is 35.4 Å². The summed E-state index contributed by atoms with van der Waals surface area (Å²) in [6.45, 7) is 5.74. The van der Waals surface area contributed by atoms with E-state index in [1.165, 1.54) is 30.8 Å². The van der Waals surface area contributed by atoms with Crippen LogP contribution in [0.3, 0.4) is 0 Å². The zero-order chi connectivity index (χ0) is 14.2. The molecule has 1 heterocycles. The maximum Gasteiger partial charge on any atom is 0.0540 e. The molecule has 1 unspecified atom stereocenters. The highest BCUT2D eigenvalue weighted by atomic mass is 32.2. The highest BCUT2D eigenvalue weighted by Crippen LogP contribution is 2.23. The monoisotopic (exact) mass is 289 g/mol. The van der Waals surface area contributed by atoms with Crippen LogP contribution in [0, 0.1) is 11.8 Å². The lowest BCUT2D eigenvalue weighted by atomic mass is 10.1. The molecular formula is C17H23NOS. The van der Waals surface area contributed by atoms with Gasteiger partial charge in [-0.3, -0.25) is 4.90 Å². The van der Waals surface area contributed by atoms with Gasteiger partial charge < -0.3 is 5.11 Å². The first-order valence-corrected chi connectivity index (χ1v) is 8.40. The van der Waals surface area contributed by atoms with Crippen molar-refractivity contribution in [2.24, 2.45) is 0 Å². The molecule has 0 spiro atoms. The molecule has 3 heteroatoms. The number of hydrogen-bond acceptors (Lipinski definition) is 3. The lowest BCUT2D eigenvalue weighted by Gasteiger charge is -2.32. The second-order valence-corrected chi connectivity index (χ2v) is 6.48. The Hall–Kier alpha value is -0.950. The predicted molar refractivity (Wildman–Crippen MR) is 86.8 cm³/mol. The van der Waals surface area contributed by atoms with E-state index in [9.17, 15) is 0 Å². The Morgan fingerprint density at radius 1 is 1.40 bits per heavy atom. The molecule has 0 aromatic heterocycles. The van der Waals surface area contributed by atoms with Crippen molar-refractivity contribution >= 4 is 11.8 Å². The van der Waals surface area contributed by atoms with E-state index in [2.05, 4.69) is 53.6 Å². The summed E-state index contributed by atoms with van der Waals surface area (Å²) in [6, 6.07) is 8.37. The van der Waals surface area contributed by atoms with E-state index < -0.39 is 0 Å². The number of hydrogen-bond donors (Lipinski definition) is 1. The van der Waals surface area contributed by atoms with Crippen LogP contribution >= 0.6 is 11.8 Å². The fraction of sp³-hybridized carbons (Fsp3) is 0.529. The summed E-state index contributed by atoms with van der Waals surface area (Å²) in [5.41, 5.74) is 2.41. The van der Waals surface area contributed by atoms with Gasteiger partial charge in [-0.05, 0) is 18.1 Å². The SMILES string of the molecule is CCC1CN(Cc2ccccc2C#CCCO)CCS1. The Kier molecular flexibility index (Phi) is 6.46. The molecular weight excluding hydrogens is 266 g/mol. The highest BCUT2D eigenvalue weighted by Gasteiger charge is 2.19. The van der Waals surface area contributed by atoms with Gasteiger partial charge in [0.1, 0.15) is 0 Å². The van der Waals surface area contributed by atoms with E-state index in [0.29, 0.717) is 6.42 Å². The Balaban J connectivity index is 2.03. The van der Waals surface area contributed by atoms with Gasteiger partial charge in [0.2, 0.25) is 0 Å². The average Bonchev–Trinajstić information content (AvgIpc) is 2.49. The molecule has 2 nitrogen and oxygen atoms in total. The molecule has 0 amide bonds. The number of thioether (sulfide) groups is 1. The van der Waals surface area contributed by atoms with Crippen molar-refractivity contribution in [1.29, 1.82) is 0 Å². The number of benzene rings is 1. The summed E-state index contributed by atoms with van der Waals surface area (Å²) in [5, 5.41) is 9.59. The number of aliphatic hydroxyl groups excluding tert-OH is 1. The fourth-order valence-corrected chi connectivity index (χ4v) is 3.65. The predicted octanol–water partition coefficient (Wildman–Crippen LogP) is 2.75. The van der Waals surface area contributed by atoms with Crippen molar-refractivity contribution in [2.75, 3.05) is 25.4 Å². The molecule has 1 saturated heterocycles. The average molecular weight is 289 g/mol. The molecule has 0 saturated carbocycles. The molecule has 108 valence electrons. The van der Waals surface area contributed by atoms with E-state index in [0.717, 1.165) is 17.4 Å². The summed E-state index contributed by atoms with van der Waals surface area (Å²) in [4.78, 5) is 2.54. The molecule has 1 N–H and O–H groups in total. The summed E-state index contributed by atoms with van der Waals surface area (Å²) in [6.07, 6.45) is 1.80. The minimum Gasteiger partial charge on any atom is -0.395 e.